The predicted molar refractivity (Wildman–Crippen MR) is 66.9 cm³/mol. The predicted octanol–water partition coefficient (Wildman–Crippen LogP) is 0.354. The van der Waals surface area contributed by atoms with Crippen LogP contribution in [-0.4, -0.2) is 40.8 Å². The molecule has 17 heavy (non-hydrogen) atoms. The molecular weight excluding hydrogens is 218 g/mol. The summed E-state index contributed by atoms with van der Waals surface area (Å²) >= 11 is 0. The number of nitrogens with one attached hydrogen (secondary N) is 1. The van der Waals surface area contributed by atoms with Crippen LogP contribution in [0.1, 0.15) is 0 Å². The molecule has 1 atom stereocenters. The zero-order chi connectivity index (χ0) is 12.3. The third-order valence-electron chi connectivity index (χ3n) is 2.64. The molecular formula is C11H17N5O. The fourth-order valence-electron chi connectivity index (χ4n) is 1.73. The third kappa shape index (κ3) is 2.37. The van der Waals surface area contributed by atoms with Crippen LogP contribution in [0.2, 0.25) is 0 Å². The molecule has 0 fully saturated rings. The molecule has 1 unspecified atom stereocenters. The summed E-state index contributed by atoms with van der Waals surface area (Å²) in [5.74, 6) is 0.746. The Bertz CT molecular complexity index is 496. The first kappa shape index (κ1) is 11.8. The zero-order valence-corrected chi connectivity index (χ0v) is 10.1. The summed E-state index contributed by atoms with van der Waals surface area (Å²) in [6.45, 7) is 1.03. The van der Waals surface area contributed by atoms with E-state index in [4.69, 9.17) is 10.5 Å². The first-order chi connectivity index (χ1) is 8.26. The van der Waals surface area contributed by atoms with Crippen molar-refractivity contribution < 1.29 is 4.74 Å². The van der Waals surface area contributed by atoms with Gasteiger partial charge in [0.05, 0.1) is 24.5 Å². The molecule has 0 bridgehead atoms. The number of aromatic nitrogens is 3. The number of nitrogens with two attached hydrogens (primary N) is 1. The zero-order valence-electron chi connectivity index (χ0n) is 10.1. The number of methoxy groups -OCH3 is 1. The van der Waals surface area contributed by atoms with Gasteiger partial charge in [0.1, 0.15) is 5.52 Å². The lowest BCUT2D eigenvalue weighted by Crippen LogP contribution is -2.33. The molecule has 0 radical (unpaired) electrons. The van der Waals surface area contributed by atoms with Gasteiger partial charge < -0.3 is 20.4 Å². The van der Waals surface area contributed by atoms with Gasteiger partial charge in [-0.05, 0) is 6.07 Å². The maximum Gasteiger partial charge on any atom is 0.154 e. The lowest BCUT2D eigenvalue weighted by atomic mass is 10.3. The maximum absolute atomic E-state index is 5.66. The third-order valence-corrected chi connectivity index (χ3v) is 2.64. The fourth-order valence-corrected chi connectivity index (χ4v) is 1.73. The molecule has 6 heteroatoms. The van der Waals surface area contributed by atoms with E-state index in [-0.39, 0.29) is 6.04 Å². The second kappa shape index (κ2) is 5.11. The quantitative estimate of drug-likeness (QED) is 0.782. The van der Waals surface area contributed by atoms with Crippen LogP contribution in [-0.2, 0) is 11.8 Å². The molecule has 0 saturated carbocycles. The van der Waals surface area contributed by atoms with E-state index in [9.17, 15) is 0 Å². The minimum Gasteiger partial charge on any atom is -0.383 e. The lowest BCUT2D eigenvalue weighted by molar-refractivity contribution is 0.187. The molecule has 6 nitrogen and oxygen atoms in total. The van der Waals surface area contributed by atoms with E-state index in [0.29, 0.717) is 13.2 Å². The summed E-state index contributed by atoms with van der Waals surface area (Å²) in [5.41, 5.74) is 7.55. The van der Waals surface area contributed by atoms with Crippen molar-refractivity contribution in [3.8, 4) is 0 Å². The Hall–Kier alpha value is -1.66. The van der Waals surface area contributed by atoms with Gasteiger partial charge in [0.15, 0.2) is 5.82 Å². The molecule has 0 aliphatic heterocycles. The van der Waals surface area contributed by atoms with Gasteiger partial charge in [0.2, 0.25) is 0 Å². The van der Waals surface area contributed by atoms with Crippen LogP contribution in [0.3, 0.4) is 0 Å². The Morgan fingerprint density at radius 2 is 2.35 bits per heavy atom. The highest BCUT2D eigenvalue weighted by Gasteiger charge is 2.11. The monoisotopic (exact) mass is 235 g/mol. The molecule has 0 saturated heterocycles. The second-order valence-electron chi connectivity index (χ2n) is 3.92. The molecule has 0 aliphatic rings. The summed E-state index contributed by atoms with van der Waals surface area (Å²) in [6.07, 6.45) is 3.53. The van der Waals surface area contributed by atoms with Crippen LogP contribution in [0.15, 0.2) is 18.6 Å². The summed E-state index contributed by atoms with van der Waals surface area (Å²) in [7, 11) is 3.60. The number of aryl methyl sites for hydroxylation is 1. The van der Waals surface area contributed by atoms with Crippen molar-refractivity contribution in [2.75, 3.05) is 25.6 Å². The molecule has 0 spiro atoms. The van der Waals surface area contributed by atoms with Crippen LogP contribution in [0.25, 0.3) is 11.0 Å². The SMILES string of the molecule is COCC(CN)Nc1nccc2c1ncn2C. The van der Waals surface area contributed by atoms with Gasteiger partial charge in [0.25, 0.3) is 0 Å². The van der Waals surface area contributed by atoms with Crippen molar-refractivity contribution in [1.29, 1.82) is 0 Å². The smallest absolute Gasteiger partial charge is 0.154 e. The highest BCUT2D eigenvalue weighted by molar-refractivity contribution is 5.85. The second-order valence-corrected chi connectivity index (χ2v) is 3.92. The normalized spacial score (nSPS) is 12.9. The summed E-state index contributed by atoms with van der Waals surface area (Å²) < 4.78 is 7.04. The van der Waals surface area contributed by atoms with Crippen LogP contribution >= 0.6 is 0 Å². The number of anilines is 1. The van der Waals surface area contributed by atoms with Gasteiger partial charge in [-0.15, -0.1) is 0 Å². The molecule has 0 amide bonds. The van der Waals surface area contributed by atoms with Crippen molar-refractivity contribution in [2.45, 2.75) is 6.04 Å². The number of hydrogen-bond acceptors (Lipinski definition) is 5. The van der Waals surface area contributed by atoms with Crippen LogP contribution in [0, 0.1) is 0 Å². The number of nitrogens with zero attached hydrogens (tertiary/aromatic N) is 3. The van der Waals surface area contributed by atoms with Crippen molar-refractivity contribution in [2.24, 2.45) is 12.8 Å². The minimum absolute atomic E-state index is 0.0418. The molecule has 92 valence electrons. The standard InChI is InChI=1S/C11H17N5O/c1-16-7-14-10-9(16)3-4-13-11(10)15-8(5-12)6-17-2/h3-4,7-8H,5-6,12H2,1-2H3,(H,13,15). The Morgan fingerprint density at radius 1 is 1.53 bits per heavy atom. The van der Waals surface area contributed by atoms with Crippen LogP contribution in [0.5, 0.6) is 0 Å². The van der Waals surface area contributed by atoms with Gasteiger partial charge in [0, 0.05) is 26.9 Å². The first-order valence-corrected chi connectivity index (χ1v) is 5.47. The minimum atomic E-state index is 0.0418. The Morgan fingerprint density at radius 3 is 3.06 bits per heavy atom. The van der Waals surface area contributed by atoms with Gasteiger partial charge in [-0.2, -0.15) is 0 Å². The van der Waals surface area contributed by atoms with E-state index >= 15 is 0 Å². The van der Waals surface area contributed by atoms with Crippen molar-refractivity contribution in [1.82, 2.24) is 14.5 Å². The van der Waals surface area contributed by atoms with Gasteiger partial charge in [-0.25, -0.2) is 9.97 Å². The van der Waals surface area contributed by atoms with E-state index in [0.717, 1.165) is 16.9 Å². The maximum atomic E-state index is 5.66. The molecule has 2 rings (SSSR count). The summed E-state index contributed by atoms with van der Waals surface area (Å²) in [5, 5.41) is 3.25. The van der Waals surface area contributed by atoms with E-state index in [2.05, 4.69) is 15.3 Å². The van der Waals surface area contributed by atoms with E-state index in [1.807, 2.05) is 17.7 Å². The lowest BCUT2D eigenvalue weighted by Gasteiger charge is -2.16. The van der Waals surface area contributed by atoms with Gasteiger partial charge in [-0.1, -0.05) is 0 Å². The van der Waals surface area contributed by atoms with Crippen LogP contribution < -0.4 is 11.1 Å². The van der Waals surface area contributed by atoms with Crippen LogP contribution in [0.4, 0.5) is 5.82 Å². The number of imidazole rings is 1. The van der Waals surface area contributed by atoms with E-state index < -0.39 is 0 Å². The largest absolute Gasteiger partial charge is 0.383 e. The molecule has 2 aromatic heterocycles. The van der Waals surface area contributed by atoms with E-state index in [1.54, 1.807) is 19.6 Å². The fraction of sp³-hybridized carbons (Fsp3) is 0.455. The Kier molecular flexibility index (Phi) is 3.55. The molecule has 2 aromatic rings. The highest BCUT2D eigenvalue weighted by atomic mass is 16.5. The Labute approximate surface area is 99.8 Å². The molecule has 0 aliphatic carbocycles. The number of fused-ring (bicyclic) bond motifs is 1. The van der Waals surface area contributed by atoms with Gasteiger partial charge >= 0.3 is 0 Å². The van der Waals surface area contributed by atoms with E-state index in [1.165, 1.54) is 0 Å². The highest BCUT2D eigenvalue weighted by Crippen LogP contribution is 2.18. The topological polar surface area (TPSA) is 78.0 Å². The number of ether oxygens (including phenoxy) is 1. The van der Waals surface area contributed by atoms with Crippen molar-refractivity contribution in [3.05, 3.63) is 18.6 Å². The average Bonchev–Trinajstić information content (AvgIpc) is 2.72. The summed E-state index contributed by atoms with van der Waals surface area (Å²) in [6, 6.07) is 1.97. The average molecular weight is 235 g/mol. The first-order valence-electron chi connectivity index (χ1n) is 5.47. The van der Waals surface area contributed by atoms with Crippen molar-refractivity contribution >= 4 is 16.9 Å². The summed E-state index contributed by atoms with van der Waals surface area (Å²) in [4.78, 5) is 8.61. The number of rotatable bonds is 5. The molecule has 0 aromatic carbocycles. The Balaban J connectivity index is 2.29. The molecule has 3 N–H and O–H groups in total. The van der Waals surface area contributed by atoms with Gasteiger partial charge in [-0.3, -0.25) is 0 Å². The van der Waals surface area contributed by atoms with Crippen molar-refractivity contribution in [3.63, 3.8) is 0 Å². The number of pyridine rings is 1. The molecule has 2 heterocycles. The number of hydrogen-bond donors (Lipinski definition) is 2.